The number of carbonyl (C=O) groups excluding carboxylic acids is 1. The Morgan fingerprint density at radius 3 is 2.88 bits per heavy atom. The Kier molecular flexibility index (Phi) is 3.44. The summed E-state index contributed by atoms with van der Waals surface area (Å²) in [5.41, 5.74) is 0.922. The average Bonchev–Trinajstić information content (AvgIpc) is 3.09. The van der Waals surface area contributed by atoms with Gasteiger partial charge >= 0.3 is 0 Å². The molecule has 1 saturated carbocycles. The second-order valence-corrected chi connectivity index (χ2v) is 4.73. The summed E-state index contributed by atoms with van der Waals surface area (Å²) in [5, 5.41) is 0. The largest absolute Gasteiger partial charge is 0.495 e. The summed E-state index contributed by atoms with van der Waals surface area (Å²) < 4.78 is 6.17. The quantitative estimate of drug-likeness (QED) is 0.790. The van der Waals surface area contributed by atoms with Crippen LogP contribution in [0.2, 0.25) is 0 Å². The van der Waals surface area contributed by atoms with Crippen LogP contribution in [-0.4, -0.2) is 12.9 Å². The van der Waals surface area contributed by atoms with Crippen LogP contribution in [0.5, 0.6) is 5.75 Å². The predicted octanol–water partition coefficient (Wildman–Crippen LogP) is 3.45. The Balaban J connectivity index is 2.19. The SMILES string of the molecule is COc1c(Br)cccc1/C=C/C(=O)C1CC1. The Labute approximate surface area is 103 Å². The van der Waals surface area contributed by atoms with Gasteiger partial charge in [-0.3, -0.25) is 4.79 Å². The van der Waals surface area contributed by atoms with Gasteiger partial charge in [0.05, 0.1) is 11.6 Å². The Hall–Kier alpha value is -1.09. The molecule has 0 spiro atoms. The maximum absolute atomic E-state index is 11.5. The van der Waals surface area contributed by atoms with Gasteiger partial charge in [0.1, 0.15) is 5.75 Å². The number of ether oxygens (including phenoxy) is 1. The number of hydrogen-bond donors (Lipinski definition) is 0. The summed E-state index contributed by atoms with van der Waals surface area (Å²) in [6.07, 6.45) is 5.56. The lowest BCUT2D eigenvalue weighted by Crippen LogP contribution is -1.94. The van der Waals surface area contributed by atoms with Crippen molar-refractivity contribution >= 4 is 27.8 Å². The highest BCUT2D eigenvalue weighted by atomic mass is 79.9. The first-order valence-corrected chi connectivity index (χ1v) is 6.06. The fourth-order valence-electron chi connectivity index (χ4n) is 1.55. The van der Waals surface area contributed by atoms with E-state index >= 15 is 0 Å². The molecule has 1 aliphatic rings. The molecule has 3 heteroatoms. The molecule has 0 unspecified atom stereocenters. The van der Waals surface area contributed by atoms with E-state index in [0.717, 1.165) is 28.6 Å². The van der Waals surface area contributed by atoms with Crippen molar-refractivity contribution < 1.29 is 9.53 Å². The van der Waals surface area contributed by atoms with Gasteiger partial charge in [0, 0.05) is 11.5 Å². The number of para-hydroxylation sites is 1. The normalized spacial score (nSPS) is 15.4. The van der Waals surface area contributed by atoms with E-state index in [4.69, 9.17) is 4.74 Å². The third kappa shape index (κ3) is 2.53. The van der Waals surface area contributed by atoms with Crippen LogP contribution in [0.1, 0.15) is 18.4 Å². The highest BCUT2D eigenvalue weighted by Gasteiger charge is 2.27. The summed E-state index contributed by atoms with van der Waals surface area (Å²) in [5.74, 6) is 1.26. The van der Waals surface area contributed by atoms with Crippen molar-refractivity contribution in [3.05, 3.63) is 34.3 Å². The molecule has 0 aromatic heterocycles. The number of halogens is 1. The molecule has 0 aliphatic heterocycles. The molecule has 1 aromatic carbocycles. The first kappa shape index (κ1) is 11.4. The summed E-state index contributed by atoms with van der Waals surface area (Å²) in [4.78, 5) is 11.5. The van der Waals surface area contributed by atoms with Gasteiger partial charge in [-0.2, -0.15) is 0 Å². The van der Waals surface area contributed by atoms with Crippen LogP contribution in [0.4, 0.5) is 0 Å². The van der Waals surface area contributed by atoms with Crippen molar-refractivity contribution in [2.24, 2.45) is 5.92 Å². The number of hydrogen-bond acceptors (Lipinski definition) is 2. The van der Waals surface area contributed by atoms with Gasteiger partial charge < -0.3 is 4.74 Å². The van der Waals surface area contributed by atoms with Crippen molar-refractivity contribution in [2.45, 2.75) is 12.8 Å². The number of allylic oxidation sites excluding steroid dienone is 1. The Morgan fingerprint density at radius 1 is 1.50 bits per heavy atom. The summed E-state index contributed by atoms with van der Waals surface area (Å²) in [7, 11) is 1.63. The van der Waals surface area contributed by atoms with Crippen molar-refractivity contribution in [3.63, 3.8) is 0 Å². The van der Waals surface area contributed by atoms with E-state index in [0.29, 0.717) is 0 Å². The standard InChI is InChI=1S/C13H13BrO2/c1-16-13-10(3-2-4-11(13)14)7-8-12(15)9-5-6-9/h2-4,7-9H,5-6H2,1H3/b8-7+. The minimum atomic E-state index is 0.224. The average molecular weight is 281 g/mol. The van der Waals surface area contributed by atoms with E-state index in [-0.39, 0.29) is 11.7 Å². The molecule has 0 saturated heterocycles. The van der Waals surface area contributed by atoms with Crippen LogP contribution in [0.15, 0.2) is 28.7 Å². The molecular weight excluding hydrogens is 268 g/mol. The molecule has 0 bridgehead atoms. The predicted molar refractivity (Wildman–Crippen MR) is 67.5 cm³/mol. The topological polar surface area (TPSA) is 26.3 Å². The Bertz CT molecular complexity index is 434. The fourth-order valence-corrected chi connectivity index (χ4v) is 2.09. The maximum atomic E-state index is 11.5. The summed E-state index contributed by atoms with van der Waals surface area (Å²) in [6, 6.07) is 5.77. The van der Waals surface area contributed by atoms with Crippen molar-refractivity contribution in [1.29, 1.82) is 0 Å². The molecule has 0 amide bonds. The van der Waals surface area contributed by atoms with Crippen LogP contribution in [0.25, 0.3) is 6.08 Å². The maximum Gasteiger partial charge on any atom is 0.158 e. The van der Waals surface area contributed by atoms with Gasteiger partial charge in [0.2, 0.25) is 0 Å². The van der Waals surface area contributed by atoms with E-state index in [1.165, 1.54) is 0 Å². The molecule has 1 aromatic rings. The minimum Gasteiger partial charge on any atom is -0.495 e. The molecule has 16 heavy (non-hydrogen) atoms. The second-order valence-electron chi connectivity index (χ2n) is 3.87. The molecule has 2 rings (SSSR count). The second kappa shape index (κ2) is 4.83. The highest BCUT2D eigenvalue weighted by Crippen LogP contribution is 2.32. The zero-order valence-electron chi connectivity index (χ0n) is 9.07. The molecule has 1 aliphatic carbocycles. The van der Waals surface area contributed by atoms with Gasteiger partial charge in [0.25, 0.3) is 0 Å². The Morgan fingerprint density at radius 2 is 2.25 bits per heavy atom. The van der Waals surface area contributed by atoms with Crippen LogP contribution in [0.3, 0.4) is 0 Å². The van der Waals surface area contributed by atoms with Crippen LogP contribution in [-0.2, 0) is 4.79 Å². The van der Waals surface area contributed by atoms with Crippen LogP contribution < -0.4 is 4.74 Å². The summed E-state index contributed by atoms with van der Waals surface area (Å²) in [6.45, 7) is 0. The number of ketones is 1. The molecule has 0 radical (unpaired) electrons. The lowest BCUT2D eigenvalue weighted by molar-refractivity contribution is -0.115. The lowest BCUT2D eigenvalue weighted by Gasteiger charge is -2.06. The zero-order valence-corrected chi connectivity index (χ0v) is 10.7. The van der Waals surface area contributed by atoms with E-state index in [9.17, 15) is 4.79 Å². The molecule has 0 N–H and O–H groups in total. The first-order valence-electron chi connectivity index (χ1n) is 5.27. The fraction of sp³-hybridized carbons (Fsp3) is 0.308. The molecule has 84 valence electrons. The number of carbonyl (C=O) groups is 1. The van der Waals surface area contributed by atoms with Gasteiger partial charge in [-0.15, -0.1) is 0 Å². The van der Waals surface area contributed by atoms with Gasteiger partial charge in [0.15, 0.2) is 5.78 Å². The molecule has 2 nitrogen and oxygen atoms in total. The van der Waals surface area contributed by atoms with E-state index in [2.05, 4.69) is 15.9 Å². The third-order valence-corrected chi connectivity index (χ3v) is 3.23. The van der Waals surface area contributed by atoms with Crippen LogP contribution in [0, 0.1) is 5.92 Å². The molecule has 1 fully saturated rings. The van der Waals surface area contributed by atoms with Gasteiger partial charge in [-0.05, 0) is 47.0 Å². The number of benzene rings is 1. The van der Waals surface area contributed by atoms with Gasteiger partial charge in [-0.25, -0.2) is 0 Å². The van der Waals surface area contributed by atoms with E-state index in [1.807, 2.05) is 24.3 Å². The van der Waals surface area contributed by atoms with Gasteiger partial charge in [-0.1, -0.05) is 12.1 Å². The molecular formula is C13H13BrO2. The molecule has 0 atom stereocenters. The number of rotatable bonds is 4. The van der Waals surface area contributed by atoms with E-state index < -0.39 is 0 Å². The first-order chi connectivity index (χ1) is 7.72. The van der Waals surface area contributed by atoms with Crippen molar-refractivity contribution in [1.82, 2.24) is 0 Å². The molecule has 0 heterocycles. The monoisotopic (exact) mass is 280 g/mol. The van der Waals surface area contributed by atoms with Crippen molar-refractivity contribution in [2.75, 3.05) is 7.11 Å². The zero-order chi connectivity index (χ0) is 11.5. The van der Waals surface area contributed by atoms with Crippen molar-refractivity contribution in [3.8, 4) is 5.75 Å². The highest BCUT2D eigenvalue weighted by molar-refractivity contribution is 9.10. The van der Waals surface area contributed by atoms with Crippen LogP contribution >= 0.6 is 15.9 Å². The third-order valence-electron chi connectivity index (χ3n) is 2.61. The smallest absolute Gasteiger partial charge is 0.158 e. The summed E-state index contributed by atoms with van der Waals surface area (Å²) >= 11 is 3.41. The number of methoxy groups -OCH3 is 1. The van der Waals surface area contributed by atoms with E-state index in [1.54, 1.807) is 13.2 Å². The minimum absolute atomic E-state index is 0.224. The lowest BCUT2D eigenvalue weighted by atomic mass is 10.1.